The van der Waals surface area contributed by atoms with E-state index in [1.54, 1.807) is 11.1 Å². The van der Waals surface area contributed by atoms with Crippen molar-refractivity contribution in [2.75, 3.05) is 0 Å². The summed E-state index contributed by atoms with van der Waals surface area (Å²) in [4.78, 5) is 0. The Morgan fingerprint density at radius 2 is 1.60 bits per heavy atom. The Labute approximate surface area is 276 Å². The van der Waals surface area contributed by atoms with Crippen LogP contribution in [0.1, 0.15) is 123 Å². The van der Waals surface area contributed by atoms with Gasteiger partial charge in [-0.3, -0.25) is 0 Å². The van der Waals surface area contributed by atoms with Gasteiger partial charge < -0.3 is 0 Å². The van der Waals surface area contributed by atoms with Gasteiger partial charge in [-0.25, -0.2) is 0 Å². The second-order valence-electron chi connectivity index (χ2n) is 16.4. The van der Waals surface area contributed by atoms with Gasteiger partial charge in [0.05, 0.1) is 0 Å². The summed E-state index contributed by atoms with van der Waals surface area (Å²) in [6.07, 6.45) is 22.9. The van der Waals surface area contributed by atoms with Crippen molar-refractivity contribution in [2.45, 2.75) is 112 Å². The molecule has 3 aliphatic rings. The Morgan fingerprint density at radius 1 is 0.933 bits per heavy atom. The first-order valence-corrected chi connectivity index (χ1v) is 17.8. The lowest BCUT2D eigenvalue weighted by atomic mass is 9.45. The number of benzene rings is 2. The van der Waals surface area contributed by atoms with Crippen molar-refractivity contribution in [1.82, 2.24) is 0 Å². The topological polar surface area (TPSA) is 0 Å². The van der Waals surface area contributed by atoms with E-state index in [2.05, 4.69) is 147 Å². The van der Waals surface area contributed by atoms with Crippen molar-refractivity contribution in [3.8, 4) is 0 Å². The minimum absolute atomic E-state index is 0.0282. The van der Waals surface area contributed by atoms with E-state index in [-0.39, 0.29) is 21.7 Å². The molecule has 3 atom stereocenters. The number of rotatable bonds is 10. The van der Waals surface area contributed by atoms with Gasteiger partial charge in [0, 0.05) is 10.8 Å². The number of fused-ring (bicyclic) bond motifs is 1. The third kappa shape index (κ3) is 6.28. The molecule has 1 saturated carbocycles. The average molecular weight is 601 g/mol. The van der Waals surface area contributed by atoms with Crippen LogP contribution in [0.15, 0.2) is 103 Å². The molecule has 0 amide bonds. The molecule has 0 bridgehead atoms. The molecule has 0 nitrogen and oxygen atoms in total. The molecular weight excluding hydrogens is 540 g/mol. The first-order valence-electron chi connectivity index (χ1n) is 17.8. The zero-order valence-corrected chi connectivity index (χ0v) is 29.6. The van der Waals surface area contributed by atoms with Crippen LogP contribution in [0.25, 0.3) is 11.6 Å². The van der Waals surface area contributed by atoms with Crippen LogP contribution in [0, 0.1) is 34.0 Å². The second-order valence-corrected chi connectivity index (χ2v) is 16.4. The lowest BCUT2D eigenvalue weighted by molar-refractivity contribution is 0.00311. The molecule has 5 rings (SSSR count). The van der Waals surface area contributed by atoms with Gasteiger partial charge in [-0.15, -0.1) is 13.2 Å². The van der Waals surface area contributed by atoms with E-state index in [1.807, 2.05) is 0 Å². The Hall–Kier alpha value is -2.86. The van der Waals surface area contributed by atoms with Crippen molar-refractivity contribution >= 4 is 11.6 Å². The second kappa shape index (κ2) is 13.1. The highest BCUT2D eigenvalue weighted by Crippen LogP contribution is 2.64. The van der Waals surface area contributed by atoms with E-state index >= 15 is 0 Å². The fourth-order valence-corrected chi connectivity index (χ4v) is 10.2. The predicted octanol–water partition coefficient (Wildman–Crippen LogP) is 13.2. The fourth-order valence-electron chi connectivity index (χ4n) is 10.2. The smallest absolute Gasteiger partial charge is 0.0113 e. The normalized spacial score (nSPS) is 28.6. The van der Waals surface area contributed by atoms with E-state index in [9.17, 15) is 0 Å². The molecular formula is C45H60. The van der Waals surface area contributed by atoms with Crippen LogP contribution < -0.4 is 0 Å². The van der Waals surface area contributed by atoms with Crippen LogP contribution in [0.5, 0.6) is 0 Å². The van der Waals surface area contributed by atoms with Crippen LogP contribution in [0.3, 0.4) is 0 Å². The lowest BCUT2D eigenvalue weighted by Gasteiger charge is -2.59. The molecule has 2 unspecified atom stereocenters. The number of hydrogen-bond acceptors (Lipinski definition) is 0. The molecule has 45 heavy (non-hydrogen) atoms. The zero-order chi connectivity index (χ0) is 32.5. The van der Waals surface area contributed by atoms with Crippen LogP contribution >= 0.6 is 0 Å². The fraction of sp³-hybridized carbons (Fsp3) is 0.511. The van der Waals surface area contributed by atoms with Crippen LogP contribution in [-0.2, 0) is 5.41 Å². The third-order valence-corrected chi connectivity index (χ3v) is 12.8. The van der Waals surface area contributed by atoms with Gasteiger partial charge in [0.2, 0.25) is 0 Å². The molecule has 1 fully saturated rings. The number of hydrogen-bond donors (Lipinski definition) is 0. The molecule has 2 aromatic rings. The van der Waals surface area contributed by atoms with E-state index in [1.165, 1.54) is 67.2 Å². The summed E-state index contributed by atoms with van der Waals surface area (Å²) in [5.74, 6) is 1.99. The van der Waals surface area contributed by atoms with Gasteiger partial charge in [0.25, 0.3) is 0 Å². The van der Waals surface area contributed by atoms with Crippen molar-refractivity contribution in [3.05, 3.63) is 120 Å². The van der Waals surface area contributed by atoms with Crippen LogP contribution in [0.2, 0.25) is 0 Å². The quantitative estimate of drug-likeness (QED) is 0.238. The van der Waals surface area contributed by atoms with Crippen molar-refractivity contribution in [2.24, 2.45) is 34.0 Å². The summed E-state index contributed by atoms with van der Waals surface area (Å²) >= 11 is 0. The minimum Gasteiger partial charge on any atom is -0.103 e. The maximum absolute atomic E-state index is 4.25. The maximum atomic E-state index is 4.25. The average Bonchev–Trinajstić information content (AvgIpc) is 3.02. The molecule has 240 valence electrons. The number of allylic oxidation sites excluding steroid dienone is 7. The van der Waals surface area contributed by atoms with E-state index in [0.717, 1.165) is 18.8 Å². The Morgan fingerprint density at radius 3 is 2.20 bits per heavy atom. The largest absolute Gasteiger partial charge is 0.103 e. The van der Waals surface area contributed by atoms with Crippen LogP contribution in [-0.4, -0.2) is 0 Å². The van der Waals surface area contributed by atoms with Gasteiger partial charge >= 0.3 is 0 Å². The molecule has 0 saturated heterocycles. The first-order chi connectivity index (χ1) is 21.4. The van der Waals surface area contributed by atoms with E-state index in [0.29, 0.717) is 11.8 Å². The predicted molar refractivity (Wildman–Crippen MR) is 198 cm³/mol. The zero-order valence-electron chi connectivity index (χ0n) is 29.6. The third-order valence-electron chi connectivity index (χ3n) is 12.8. The summed E-state index contributed by atoms with van der Waals surface area (Å²) in [5, 5.41) is 0. The van der Waals surface area contributed by atoms with E-state index in [4.69, 9.17) is 0 Å². The molecule has 0 N–H and O–H groups in total. The minimum atomic E-state index is 0.0282. The first kappa shape index (κ1) is 33.5. The van der Waals surface area contributed by atoms with E-state index < -0.39 is 0 Å². The van der Waals surface area contributed by atoms with Gasteiger partial charge in [0.1, 0.15) is 0 Å². The molecule has 0 aliphatic heterocycles. The standard InChI is InChI=1S/C45H60/c1-10-12-16-35(11-2)36-25-29-45(30-26-36,38-17-14-13-15-18-38)43(7,8)39-23-24-41-42(5,6)40(27-28-44(41,9)32-39)37-21-19-34(20-22-37)31-33(3)4/h10-11,13-15,17-22,24,27,31,35-36,39H,1-2,12,16,23,25-26,28-30,32H2,3-9H3/t35?,36?,39?,44-,45?/m1/s1. The van der Waals surface area contributed by atoms with Crippen molar-refractivity contribution in [3.63, 3.8) is 0 Å². The summed E-state index contributed by atoms with van der Waals surface area (Å²) in [6.45, 7) is 25.4. The maximum Gasteiger partial charge on any atom is 0.0113 e. The van der Waals surface area contributed by atoms with Gasteiger partial charge in [0.15, 0.2) is 0 Å². The summed E-state index contributed by atoms with van der Waals surface area (Å²) in [5.41, 5.74) is 9.35. The van der Waals surface area contributed by atoms with Crippen molar-refractivity contribution in [1.29, 1.82) is 0 Å². The highest BCUT2D eigenvalue weighted by molar-refractivity contribution is 5.75. The van der Waals surface area contributed by atoms with Gasteiger partial charge in [-0.2, -0.15) is 0 Å². The van der Waals surface area contributed by atoms with Crippen LogP contribution in [0.4, 0.5) is 0 Å². The van der Waals surface area contributed by atoms with Gasteiger partial charge in [-0.1, -0.05) is 131 Å². The lowest BCUT2D eigenvalue weighted by Crippen LogP contribution is -2.51. The summed E-state index contributed by atoms with van der Waals surface area (Å²) < 4.78 is 0. The van der Waals surface area contributed by atoms with Crippen molar-refractivity contribution < 1.29 is 0 Å². The summed E-state index contributed by atoms with van der Waals surface area (Å²) in [7, 11) is 0. The Bertz CT molecular complexity index is 1430. The highest BCUT2D eigenvalue weighted by Gasteiger charge is 2.55. The Balaban J connectivity index is 1.43. The summed E-state index contributed by atoms with van der Waals surface area (Å²) in [6, 6.07) is 20.9. The molecule has 3 aliphatic carbocycles. The molecule has 0 radical (unpaired) electrons. The SMILES string of the molecule is C=CCCC(C=C)C1CCC(c2ccccc2)(C(C)(C)C2CC=C3C(C)(C)C(c4ccc(C=C(C)C)cc4)=CC[C@]3(C)C2)CC1. The highest BCUT2D eigenvalue weighted by atomic mass is 14.6. The van der Waals surface area contributed by atoms with Gasteiger partial charge in [-0.05, 0) is 122 Å². The molecule has 0 spiro atoms. The Kier molecular flexibility index (Phi) is 9.75. The molecule has 0 heterocycles. The monoisotopic (exact) mass is 600 g/mol. The molecule has 0 aromatic heterocycles. The molecule has 0 heteroatoms. The molecule has 2 aromatic carbocycles.